The molecule has 17 heavy (non-hydrogen) atoms. The van der Waals surface area contributed by atoms with Crippen LogP contribution in [0.3, 0.4) is 0 Å². The molecule has 1 amide bonds. The lowest BCUT2D eigenvalue weighted by molar-refractivity contribution is -0.546. The first kappa shape index (κ1) is 13.9. The molecular weight excluding hydrogens is 214 g/mol. The molecule has 96 valence electrons. The molecule has 1 N–H and O–H groups in total. The van der Waals surface area contributed by atoms with Crippen LogP contribution in [-0.2, 0) is 4.79 Å². The van der Waals surface area contributed by atoms with E-state index in [0.29, 0.717) is 12.5 Å². The zero-order valence-electron chi connectivity index (χ0n) is 11.6. The largest absolute Gasteiger partial charge is 0.355 e. The van der Waals surface area contributed by atoms with Crippen molar-refractivity contribution in [1.29, 1.82) is 0 Å². The lowest BCUT2D eigenvalue weighted by atomic mass is 9.95. The number of carbonyl (C=O) groups is 1. The summed E-state index contributed by atoms with van der Waals surface area (Å²) >= 11 is 0. The Morgan fingerprint density at radius 2 is 2.24 bits per heavy atom. The van der Waals surface area contributed by atoms with Crippen molar-refractivity contribution >= 4 is 5.91 Å². The lowest BCUT2D eigenvalue weighted by Gasteiger charge is -2.19. The van der Waals surface area contributed by atoms with E-state index in [4.69, 9.17) is 0 Å². The predicted molar refractivity (Wildman–Crippen MR) is 67.8 cm³/mol. The van der Waals surface area contributed by atoms with Gasteiger partial charge in [-0.3, -0.25) is 4.79 Å². The topological polar surface area (TPSA) is 44.5 Å². The maximum atomic E-state index is 11.7. The van der Waals surface area contributed by atoms with Gasteiger partial charge in [-0.2, -0.15) is 0 Å². The highest BCUT2D eigenvalue weighted by atomic mass is 16.2. The number of nitrogens with zero attached hydrogens (tertiary/aromatic N) is 2. The average molecular weight is 238 g/mol. The van der Waals surface area contributed by atoms with Gasteiger partial charge in [0.25, 0.3) is 0 Å². The highest BCUT2D eigenvalue weighted by Crippen LogP contribution is 2.13. The minimum absolute atomic E-state index is 0.106. The van der Waals surface area contributed by atoms with Gasteiger partial charge in [0.1, 0.15) is 6.54 Å². The standard InChI is InChI=1S/C13H23N3O/c1-10(8-14-12(17)13(3,4)5)9-16-11(2)6-7-15-16/h6,10H,7-9H2,1-5H3/p+1. The highest BCUT2D eigenvalue weighted by Gasteiger charge is 2.23. The molecule has 0 aromatic carbocycles. The molecule has 1 heterocycles. The molecule has 0 aromatic heterocycles. The van der Waals surface area contributed by atoms with Gasteiger partial charge in [-0.05, 0) is 5.11 Å². The zero-order valence-corrected chi connectivity index (χ0v) is 11.6. The molecule has 0 aliphatic carbocycles. The molecule has 0 bridgehead atoms. The van der Waals surface area contributed by atoms with E-state index in [0.717, 1.165) is 13.1 Å². The molecule has 0 fully saturated rings. The van der Waals surface area contributed by atoms with Gasteiger partial charge in [-0.25, -0.2) is 0 Å². The summed E-state index contributed by atoms with van der Waals surface area (Å²) in [5, 5.41) is 7.35. The van der Waals surface area contributed by atoms with Gasteiger partial charge in [0.2, 0.25) is 11.6 Å². The monoisotopic (exact) mass is 238 g/mol. The molecule has 0 aromatic rings. The van der Waals surface area contributed by atoms with Crippen LogP contribution < -0.4 is 5.32 Å². The Balaban J connectivity index is 2.34. The van der Waals surface area contributed by atoms with Crippen LogP contribution in [0.4, 0.5) is 0 Å². The smallest absolute Gasteiger partial charge is 0.225 e. The van der Waals surface area contributed by atoms with Gasteiger partial charge in [-0.1, -0.05) is 32.4 Å². The van der Waals surface area contributed by atoms with Gasteiger partial charge in [0.15, 0.2) is 6.54 Å². The Bertz CT molecular complexity index is 350. The second kappa shape index (κ2) is 5.43. The van der Waals surface area contributed by atoms with E-state index in [-0.39, 0.29) is 11.3 Å². The molecule has 4 nitrogen and oxygen atoms in total. The van der Waals surface area contributed by atoms with Crippen molar-refractivity contribution in [2.75, 3.05) is 19.6 Å². The van der Waals surface area contributed by atoms with E-state index >= 15 is 0 Å². The molecule has 1 atom stereocenters. The zero-order chi connectivity index (χ0) is 13.1. The summed E-state index contributed by atoms with van der Waals surface area (Å²) in [5.74, 6) is 0.501. The molecule has 4 heteroatoms. The Morgan fingerprint density at radius 1 is 1.59 bits per heavy atom. The highest BCUT2D eigenvalue weighted by molar-refractivity contribution is 5.81. The van der Waals surface area contributed by atoms with Crippen LogP contribution >= 0.6 is 0 Å². The van der Waals surface area contributed by atoms with E-state index in [9.17, 15) is 4.79 Å². The van der Waals surface area contributed by atoms with Crippen molar-refractivity contribution in [2.45, 2.75) is 34.6 Å². The lowest BCUT2D eigenvalue weighted by Crippen LogP contribution is -2.38. The first-order chi connectivity index (χ1) is 7.80. The predicted octanol–water partition coefficient (Wildman–Crippen LogP) is 2.17. The minimum atomic E-state index is -0.312. The number of allylic oxidation sites excluding steroid dienone is 1. The van der Waals surface area contributed by atoms with Crippen LogP contribution in [0, 0.1) is 11.3 Å². The summed E-state index contributed by atoms with van der Waals surface area (Å²) in [5.41, 5.74) is 0.895. The molecule has 0 saturated heterocycles. The fourth-order valence-electron chi connectivity index (χ4n) is 1.58. The van der Waals surface area contributed by atoms with Crippen LogP contribution in [0.1, 0.15) is 34.6 Å². The number of carbonyl (C=O) groups excluding carboxylic acids is 1. The van der Waals surface area contributed by atoms with E-state index in [2.05, 4.69) is 30.4 Å². The van der Waals surface area contributed by atoms with Gasteiger partial charge >= 0.3 is 0 Å². The number of azo groups is 2. The summed E-state index contributed by atoms with van der Waals surface area (Å²) in [4.78, 5) is 11.7. The first-order valence-corrected chi connectivity index (χ1v) is 6.20. The van der Waals surface area contributed by atoms with Crippen LogP contribution in [-0.4, -0.2) is 30.2 Å². The maximum Gasteiger partial charge on any atom is 0.225 e. The fraction of sp³-hybridized carbons (Fsp3) is 0.769. The fourth-order valence-corrected chi connectivity index (χ4v) is 1.58. The van der Waals surface area contributed by atoms with Crippen molar-refractivity contribution in [3.8, 4) is 0 Å². The van der Waals surface area contributed by atoms with Gasteiger partial charge in [-0.15, -0.1) is 0 Å². The summed E-state index contributed by atoms with van der Waals surface area (Å²) < 4.78 is 2.02. The Hall–Kier alpha value is -1.19. The van der Waals surface area contributed by atoms with Gasteiger partial charge in [0, 0.05) is 30.9 Å². The van der Waals surface area contributed by atoms with E-state index < -0.39 is 0 Å². The molecule has 0 saturated carbocycles. The Labute approximate surface area is 104 Å². The van der Waals surface area contributed by atoms with Crippen LogP contribution in [0.15, 0.2) is 16.9 Å². The quantitative estimate of drug-likeness (QED) is 0.749. The van der Waals surface area contributed by atoms with E-state index in [1.165, 1.54) is 5.70 Å². The van der Waals surface area contributed by atoms with Crippen molar-refractivity contribution in [3.63, 3.8) is 0 Å². The second-order valence-corrected chi connectivity index (χ2v) is 5.82. The number of amides is 1. The molecule has 1 aliphatic rings. The number of hydrogen-bond acceptors (Lipinski definition) is 2. The maximum absolute atomic E-state index is 11.7. The second-order valence-electron chi connectivity index (χ2n) is 5.82. The van der Waals surface area contributed by atoms with Crippen LogP contribution in [0.25, 0.3) is 0 Å². The van der Waals surface area contributed by atoms with E-state index in [1.807, 2.05) is 25.5 Å². The van der Waals surface area contributed by atoms with Crippen LogP contribution in [0.5, 0.6) is 0 Å². The van der Waals surface area contributed by atoms with Crippen molar-refractivity contribution in [1.82, 2.24) is 5.32 Å². The van der Waals surface area contributed by atoms with Crippen molar-refractivity contribution < 1.29 is 9.49 Å². The normalized spacial score (nSPS) is 17.5. The van der Waals surface area contributed by atoms with Crippen molar-refractivity contribution in [2.24, 2.45) is 16.4 Å². The third-order valence-corrected chi connectivity index (χ3v) is 2.82. The number of nitrogens with one attached hydrogen (secondary N) is 1. The molecule has 1 unspecified atom stereocenters. The summed E-state index contributed by atoms with van der Waals surface area (Å²) in [6.45, 7) is 12.3. The third kappa shape index (κ3) is 4.29. The SMILES string of the molecule is CC1=CCN=[N+]1CC(C)CNC(=O)C(C)(C)C. The third-order valence-electron chi connectivity index (χ3n) is 2.82. The summed E-state index contributed by atoms with van der Waals surface area (Å²) in [6, 6.07) is 0. The summed E-state index contributed by atoms with van der Waals surface area (Å²) in [7, 11) is 0. The molecule has 1 aliphatic heterocycles. The molecular formula is C13H24N3O+. The molecule has 0 spiro atoms. The van der Waals surface area contributed by atoms with Gasteiger partial charge < -0.3 is 5.32 Å². The number of hydrogen-bond donors (Lipinski definition) is 1. The number of rotatable bonds is 4. The Morgan fingerprint density at radius 3 is 2.71 bits per heavy atom. The average Bonchev–Trinajstić information content (AvgIpc) is 2.59. The molecule has 1 rings (SSSR count). The first-order valence-electron chi connectivity index (χ1n) is 6.20. The van der Waals surface area contributed by atoms with Gasteiger partial charge in [0.05, 0.1) is 0 Å². The van der Waals surface area contributed by atoms with Crippen molar-refractivity contribution in [3.05, 3.63) is 11.8 Å². The molecule has 0 radical (unpaired) electrons. The van der Waals surface area contributed by atoms with E-state index in [1.54, 1.807) is 0 Å². The Kier molecular flexibility index (Phi) is 4.43. The van der Waals surface area contributed by atoms with Crippen LogP contribution in [0.2, 0.25) is 0 Å². The summed E-state index contributed by atoms with van der Waals surface area (Å²) in [6.07, 6.45) is 2.11. The minimum Gasteiger partial charge on any atom is -0.355 e.